The van der Waals surface area contributed by atoms with Crippen LogP contribution in [0, 0.1) is 5.92 Å². The van der Waals surface area contributed by atoms with Gasteiger partial charge in [-0.1, -0.05) is 37.6 Å². The van der Waals surface area contributed by atoms with Crippen molar-refractivity contribution in [1.82, 2.24) is 30.3 Å². The summed E-state index contributed by atoms with van der Waals surface area (Å²) in [5.74, 6) is 0.887. The second kappa shape index (κ2) is 7.64. The molecular weight excluding hydrogens is 352 g/mol. The predicted octanol–water partition coefficient (Wildman–Crippen LogP) is 3.66. The number of nitrogens with zero attached hydrogens (tertiary/aromatic N) is 4. The Morgan fingerprint density at radius 1 is 1.18 bits per heavy atom. The topological polar surface area (TPSA) is 88.5 Å². The first-order valence-electron chi connectivity index (χ1n) is 9.38. The molecule has 0 bridgehead atoms. The lowest BCUT2D eigenvalue weighted by molar-refractivity contribution is 0.0920. The van der Waals surface area contributed by atoms with E-state index in [1.807, 2.05) is 36.4 Å². The lowest BCUT2D eigenvalue weighted by atomic mass is 9.98. The molecule has 0 saturated heterocycles. The van der Waals surface area contributed by atoms with Crippen LogP contribution in [0.2, 0.25) is 0 Å². The summed E-state index contributed by atoms with van der Waals surface area (Å²) in [5.41, 5.74) is 3.31. The SMILES string of the molecule is CC[C@H](C)[C@H](NC(=O)c1ccc(-n2ccnn2)cc1)c1nc2ccccc2[nH]1. The second-order valence-corrected chi connectivity index (χ2v) is 6.87. The van der Waals surface area contributed by atoms with Crippen molar-refractivity contribution in [3.63, 3.8) is 0 Å². The van der Waals surface area contributed by atoms with Crippen molar-refractivity contribution >= 4 is 16.9 Å². The van der Waals surface area contributed by atoms with Gasteiger partial charge in [0.05, 0.1) is 35.2 Å². The Morgan fingerprint density at radius 2 is 1.96 bits per heavy atom. The number of nitrogens with one attached hydrogen (secondary N) is 2. The van der Waals surface area contributed by atoms with Crippen LogP contribution in [0.1, 0.15) is 42.5 Å². The fourth-order valence-electron chi connectivity index (χ4n) is 3.17. The molecule has 0 unspecified atom stereocenters. The number of hydrogen-bond acceptors (Lipinski definition) is 4. The van der Waals surface area contributed by atoms with E-state index in [1.54, 1.807) is 29.2 Å². The van der Waals surface area contributed by atoms with E-state index in [4.69, 9.17) is 0 Å². The van der Waals surface area contributed by atoms with Crippen molar-refractivity contribution in [3.8, 4) is 5.69 Å². The number of benzene rings is 2. The summed E-state index contributed by atoms with van der Waals surface area (Å²) in [5, 5.41) is 10.9. The van der Waals surface area contributed by atoms with Gasteiger partial charge in [0.25, 0.3) is 5.91 Å². The molecule has 0 radical (unpaired) electrons. The number of amides is 1. The molecule has 142 valence electrons. The van der Waals surface area contributed by atoms with Crippen LogP contribution in [0.4, 0.5) is 0 Å². The average Bonchev–Trinajstić information content (AvgIpc) is 3.41. The van der Waals surface area contributed by atoms with Gasteiger partial charge in [-0.15, -0.1) is 5.10 Å². The van der Waals surface area contributed by atoms with Crippen LogP contribution in [-0.4, -0.2) is 30.9 Å². The third-order valence-corrected chi connectivity index (χ3v) is 5.02. The molecule has 0 aliphatic heterocycles. The Morgan fingerprint density at radius 3 is 2.64 bits per heavy atom. The normalized spacial score (nSPS) is 13.4. The van der Waals surface area contributed by atoms with E-state index in [-0.39, 0.29) is 17.9 Å². The minimum Gasteiger partial charge on any atom is -0.342 e. The number of H-pyrrole nitrogens is 1. The van der Waals surface area contributed by atoms with Gasteiger partial charge in [0, 0.05) is 5.56 Å². The molecule has 2 heterocycles. The number of fused-ring (bicyclic) bond motifs is 1. The predicted molar refractivity (Wildman–Crippen MR) is 107 cm³/mol. The molecule has 2 N–H and O–H groups in total. The van der Waals surface area contributed by atoms with Crippen molar-refractivity contribution in [2.45, 2.75) is 26.3 Å². The fourth-order valence-corrected chi connectivity index (χ4v) is 3.17. The third-order valence-electron chi connectivity index (χ3n) is 5.02. The van der Waals surface area contributed by atoms with E-state index < -0.39 is 0 Å². The summed E-state index contributed by atoms with van der Waals surface area (Å²) in [6, 6.07) is 15.0. The zero-order valence-electron chi connectivity index (χ0n) is 15.8. The molecule has 7 heteroatoms. The minimum absolute atomic E-state index is 0.129. The quantitative estimate of drug-likeness (QED) is 0.539. The summed E-state index contributed by atoms with van der Waals surface area (Å²) in [6.45, 7) is 4.23. The average molecular weight is 374 g/mol. The number of rotatable bonds is 6. The first-order chi connectivity index (χ1) is 13.7. The standard InChI is InChI=1S/C21H22N6O/c1-3-14(2)19(20-23-17-6-4-5-7-18(17)24-20)25-21(28)15-8-10-16(11-9-15)27-13-12-22-26-27/h4-14,19H,3H2,1-2H3,(H,23,24)(H,25,28)/t14-,19-/m0/s1. The highest BCUT2D eigenvalue weighted by Crippen LogP contribution is 2.25. The molecule has 1 amide bonds. The van der Waals surface area contributed by atoms with Gasteiger partial charge in [-0.25, -0.2) is 9.67 Å². The van der Waals surface area contributed by atoms with Crippen LogP contribution < -0.4 is 5.32 Å². The maximum atomic E-state index is 12.9. The zero-order chi connectivity index (χ0) is 19.5. The van der Waals surface area contributed by atoms with E-state index in [1.165, 1.54) is 0 Å². The molecule has 0 aliphatic rings. The van der Waals surface area contributed by atoms with Crippen molar-refractivity contribution in [2.24, 2.45) is 5.92 Å². The maximum Gasteiger partial charge on any atom is 0.251 e. The summed E-state index contributed by atoms with van der Waals surface area (Å²) >= 11 is 0. The largest absolute Gasteiger partial charge is 0.342 e. The van der Waals surface area contributed by atoms with Crippen LogP contribution in [0.5, 0.6) is 0 Å². The number of imidazole rings is 1. The first kappa shape index (κ1) is 17.9. The Hall–Kier alpha value is -3.48. The number of carbonyl (C=O) groups is 1. The van der Waals surface area contributed by atoms with Gasteiger partial charge in [0.15, 0.2) is 0 Å². The van der Waals surface area contributed by atoms with Crippen LogP contribution in [0.25, 0.3) is 16.7 Å². The highest BCUT2D eigenvalue weighted by molar-refractivity contribution is 5.94. The van der Waals surface area contributed by atoms with Crippen molar-refractivity contribution in [1.29, 1.82) is 0 Å². The number of aromatic amines is 1. The van der Waals surface area contributed by atoms with Gasteiger partial charge >= 0.3 is 0 Å². The van der Waals surface area contributed by atoms with Gasteiger partial charge in [0.1, 0.15) is 5.82 Å². The van der Waals surface area contributed by atoms with Crippen LogP contribution >= 0.6 is 0 Å². The molecule has 0 aliphatic carbocycles. The Kier molecular flexibility index (Phi) is 4.89. The number of para-hydroxylation sites is 2. The molecule has 4 aromatic rings. The summed E-state index contributed by atoms with van der Waals surface area (Å²) in [4.78, 5) is 20.9. The smallest absolute Gasteiger partial charge is 0.251 e. The molecule has 4 rings (SSSR count). The summed E-state index contributed by atoms with van der Waals surface area (Å²) < 4.78 is 1.65. The first-order valence-corrected chi connectivity index (χ1v) is 9.38. The Bertz CT molecular complexity index is 1030. The number of carbonyl (C=O) groups excluding carboxylic acids is 1. The van der Waals surface area contributed by atoms with Gasteiger partial charge in [-0.05, 0) is 42.3 Å². The van der Waals surface area contributed by atoms with Gasteiger partial charge in [-0.3, -0.25) is 4.79 Å². The Balaban J connectivity index is 1.57. The molecule has 0 fully saturated rings. The number of hydrogen-bond donors (Lipinski definition) is 2. The van der Waals surface area contributed by atoms with Gasteiger partial charge < -0.3 is 10.3 Å². The summed E-state index contributed by atoms with van der Waals surface area (Å²) in [6.07, 6.45) is 4.30. The van der Waals surface area contributed by atoms with E-state index in [0.29, 0.717) is 5.56 Å². The van der Waals surface area contributed by atoms with Crippen molar-refractivity contribution in [3.05, 3.63) is 72.3 Å². The molecule has 0 saturated carbocycles. The lowest BCUT2D eigenvalue weighted by Gasteiger charge is -2.22. The number of aromatic nitrogens is 5. The highest BCUT2D eigenvalue weighted by atomic mass is 16.1. The minimum atomic E-state index is -0.195. The molecule has 7 nitrogen and oxygen atoms in total. The highest BCUT2D eigenvalue weighted by Gasteiger charge is 2.24. The van der Waals surface area contributed by atoms with Crippen LogP contribution in [0.15, 0.2) is 60.9 Å². The van der Waals surface area contributed by atoms with E-state index in [0.717, 1.165) is 29.0 Å². The Labute approximate surface area is 162 Å². The van der Waals surface area contributed by atoms with Crippen LogP contribution in [-0.2, 0) is 0 Å². The van der Waals surface area contributed by atoms with Gasteiger partial charge in [0.2, 0.25) is 0 Å². The second-order valence-electron chi connectivity index (χ2n) is 6.87. The van der Waals surface area contributed by atoms with Crippen LogP contribution in [0.3, 0.4) is 0 Å². The van der Waals surface area contributed by atoms with E-state index >= 15 is 0 Å². The van der Waals surface area contributed by atoms with Crippen molar-refractivity contribution < 1.29 is 4.79 Å². The molecule has 2 atom stereocenters. The molecule has 2 aromatic carbocycles. The fraction of sp³-hybridized carbons (Fsp3) is 0.238. The zero-order valence-corrected chi connectivity index (χ0v) is 15.8. The molecule has 0 spiro atoms. The van der Waals surface area contributed by atoms with Crippen molar-refractivity contribution in [2.75, 3.05) is 0 Å². The molecule has 28 heavy (non-hydrogen) atoms. The summed E-state index contributed by atoms with van der Waals surface area (Å²) in [7, 11) is 0. The van der Waals surface area contributed by atoms with Gasteiger partial charge in [-0.2, -0.15) is 0 Å². The molecular formula is C21H22N6O. The third kappa shape index (κ3) is 3.51. The van der Waals surface area contributed by atoms with E-state index in [9.17, 15) is 4.79 Å². The maximum absolute atomic E-state index is 12.9. The van der Waals surface area contributed by atoms with E-state index in [2.05, 4.69) is 39.4 Å². The lowest BCUT2D eigenvalue weighted by Crippen LogP contribution is -2.33. The molecule has 2 aromatic heterocycles. The monoisotopic (exact) mass is 374 g/mol.